The number of hydrogen-bond acceptors (Lipinski definition) is 2. The van der Waals surface area contributed by atoms with Crippen LogP contribution in [0.4, 0.5) is 0 Å². The van der Waals surface area contributed by atoms with Crippen molar-refractivity contribution < 1.29 is 0 Å². The van der Waals surface area contributed by atoms with E-state index in [4.69, 9.17) is 0 Å². The van der Waals surface area contributed by atoms with Crippen LogP contribution in [-0.4, -0.2) is 7.05 Å². The van der Waals surface area contributed by atoms with Crippen LogP contribution in [0, 0.1) is 0 Å². The van der Waals surface area contributed by atoms with Crippen molar-refractivity contribution in [1.29, 1.82) is 0 Å². The fourth-order valence-corrected chi connectivity index (χ4v) is 3.34. The zero-order valence-electron chi connectivity index (χ0n) is 13.1. The van der Waals surface area contributed by atoms with Gasteiger partial charge in [-0.2, -0.15) is 11.3 Å². The van der Waals surface area contributed by atoms with Gasteiger partial charge in [-0.3, -0.25) is 0 Å². The molecule has 1 N–H and O–H groups in total. The second-order valence-corrected chi connectivity index (χ2v) is 6.76. The van der Waals surface area contributed by atoms with Crippen molar-refractivity contribution in [1.82, 2.24) is 5.32 Å². The monoisotopic (exact) mass is 287 g/mol. The summed E-state index contributed by atoms with van der Waals surface area (Å²) in [4.78, 5) is 0. The Labute approximate surface area is 127 Å². The van der Waals surface area contributed by atoms with E-state index in [1.54, 1.807) is 11.3 Å². The highest BCUT2D eigenvalue weighted by atomic mass is 32.1. The van der Waals surface area contributed by atoms with Crippen molar-refractivity contribution in [2.45, 2.75) is 45.6 Å². The minimum atomic E-state index is 0.292. The van der Waals surface area contributed by atoms with Gasteiger partial charge in [0.15, 0.2) is 0 Å². The minimum absolute atomic E-state index is 0.292. The van der Waals surface area contributed by atoms with E-state index in [1.807, 2.05) is 7.05 Å². The van der Waals surface area contributed by atoms with Crippen LogP contribution < -0.4 is 5.32 Å². The second-order valence-electron chi connectivity index (χ2n) is 5.98. The van der Waals surface area contributed by atoms with Crippen LogP contribution >= 0.6 is 11.3 Å². The number of nitrogens with one attached hydrogen (secondary N) is 1. The number of benzene rings is 1. The van der Waals surface area contributed by atoms with Crippen LogP contribution in [-0.2, 0) is 0 Å². The number of thiophene rings is 1. The molecule has 0 radical (unpaired) electrons. The van der Waals surface area contributed by atoms with Crippen LogP contribution in [0.15, 0.2) is 35.0 Å². The van der Waals surface area contributed by atoms with Crippen molar-refractivity contribution in [2.75, 3.05) is 7.05 Å². The quantitative estimate of drug-likeness (QED) is 0.786. The summed E-state index contributed by atoms with van der Waals surface area (Å²) in [5.41, 5.74) is 5.65. The SMILES string of the molecule is CNC(c1ccsc1)c1ccc(C(C)C)cc1C(C)C. The predicted molar refractivity (Wildman–Crippen MR) is 89.8 cm³/mol. The fourth-order valence-electron chi connectivity index (χ4n) is 2.66. The molecule has 0 aliphatic heterocycles. The zero-order chi connectivity index (χ0) is 14.7. The molecule has 0 fully saturated rings. The van der Waals surface area contributed by atoms with E-state index in [9.17, 15) is 0 Å². The van der Waals surface area contributed by atoms with Crippen LogP contribution in [0.3, 0.4) is 0 Å². The van der Waals surface area contributed by atoms with Gasteiger partial charge < -0.3 is 5.32 Å². The van der Waals surface area contributed by atoms with E-state index in [1.165, 1.54) is 22.3 Å². The molecule has 2 heteroatoms. The molecule has 1 aromatic heterocycles. The third-order valence-corrected chi connectivity index (χ3v) is 4.58. The van der Waals surface area contributed by atoms with Crippen molar-refractivity contribution in [2.24, 2.45) is 0 Å². The molecule has 108 valence electrons. The lowest BCUT2D eigenvalue weighted by Gasteiger charge is -2.23. The Morgan fingerprint density at radius 3 is 2.15 bits per heavy atom. The van der Waals surface area contributed by atoms with Gasteiger partial charge in [-0.25, -0.2) is 0 Å². The lowest BCUT2D eigenvalue weighted by Crippen LogP contribution is -2.19. The summed E-state index contributed by atoms with van der Waals surface area (Å²) in [6.07, 6.45) is 0. The molecular formula is C18H25NS. The van der Waals surface area contributed by atoms with E-state index < -0.39 is 0 Å². The molecule has 1 nitrogen and oxygen atoms in total. The highest BCUT2D eigenvalue weighted by molar-refractivity contribution is 7.08. The molecule has 20 heavy (non-hydrogen) atoms. The molecule has 1 atom stereocenters. The van der Waals surface area contributed by atoms with Gasteiger partial charge in [0.05, 0.1) is 6.04 Å². The molecule has 0 saturated carbocycles. The van der Waals surface area contributed by atoms with Gasteiger partial charge in [0.25, 0.3) is 0 Å². The summed E-state index contributed by atoms with van der Waals surface area (Å²) in [5, 5.41) is 7.86. The van der Waals surface area contributed by atoms with Crippen molar-refractivity contribution in [3.63, 3.8) is 0 Å². The van der Waals surface area contributed by atoms with Gasteiger partial charge in [0.2, 0.25) is 0 Å². The first-order chi connectivity index (χ1) is 9.54. The maximum Gasteiger partial charge on any atom is 0.0585 e. The van der Waals surface area contributed by atoms with E-state index in [2.05, 4.69) is 68.0 Å². The maximum atomic E-state index is 3.47. The highest BCUT2D eigenvalue weighted by Crippen LogP contribution is 2.32. The van der Waals surface area contributed by atoms with Gasteiger partial charge in [-0.05, 0) is 58.0 Å². The summed E-state index contributed by atoms with van der Waals surface area (Å²) < 4.78 is 0. The average molecular weight is 287 g/mol. The van der Waals surface area contributed by atoms with Crippen LogP contribution in [0.2, 0.25) is 0 Å². The molecule has 0 aliphatic carbocycles. The van der Waals surface area contributed by atoms with E-state index >= 15 is 0 Å². The lowest BCUT2D eigenvalue weighted by atomic mass is 9.87. The Bertz CT molecular complexity index is 541. The van der Waals surface area contributed by atoms with E-state index in [0.29, 0.717) is 17.9 Å². The molecule has 1 unspecified atom stereocenters. The second kappa shape index (κ2) is 6.55. The standard InChI is InChI=1S/C18H25NS/c1-12(2)14-6-7-16(17(10-14)13(3)4)18(19-5)15-8-9-20-11-15/h6-13,18-19H,1-5H3. The zero-order valence-corrected chi connectivity index (χ0v) is 13.9. The topological polar surface area (TPSA) is 12.0 Å². The van der Waals surface area contributed by atoms with E-state index in [-0.39, 0.29) is 0 Å². The van der Waals surface area contributed by atoms with Crippen LogP contribution in [0.1, 0.15) is 67.8 Å². The Morgan fingerprint density at radius 1 is 0.900 bits per heavy atom. The Morgan fingerprint density at radius 2 is 1.65 bits per heavy atom. The van der Waals surface area contributed by atoms with Gasteiger partial charge in [0, 0.05) is 0 Å². The van der Waals surface area contributed by atoms with Crippen molar-refractivity contribution in [3.05, 3.63) is 57.3 Å². The molecule has 1 aromatic carbocycles. The third kappa shape index (κ3) is 3.13. The fraction of sp³-hybridized carbons (Fsp3) is 0.444. The van der Waals surface area contributed by atoms with Gasteiger partial charge in [-0.15, -0.1) is 0 Å². The maximum absolute atomic E-state index is 3.47. The largest absolute Gasteiger partial charge is 0.309 e. The molecule has 0 aliphatic rings. The molecule has 0 amide bonds. The lowest BCUT2D eigenvalue weighted by molar-refractivity contribution is 0.674. The Hall–Kier alpha value is -1.12. The van der Waals surface area contributed by atoms with Crippen LogP contribution in [0.5, 0.6) is 0 Å². The smallest absolute Gasteiger partial charge is 0.0585 e. The molecule has 2 aromatic rings. The molecule has 1 heterocycles. The number of hydrogen-bond donors (Lipinski definition) is 1. The van der Waals surface area contributed by atoms with Gasteiger partial charge >= 0.3 is 0 Å². The summed E-state index contributed by atoms with van der Waals surface area (Å²) >= 11 is 1.76. The van der Waals surface area contributed by atoms with Crippen molar-refractivity contribution >= 4 is 11.3 Å². The first kappa shape index (κ1) is 15.3. The van der Waals surface area contributed by atoms with Crippen LogP contribution in [0.25, 0.3) is 0 Å². The first-order valence-corrected chi connectivity index (χ1v) is 8.32. The van der Waals surface area contributed by atoms with Gasteiger partial charge in [0.1, 0.15) is 0 Å². The summed E-state index contributed by atoms with van der Waals surface area (Å²) in [6.45, 7) is 9.08. The predicted octanol–water partition coefficient (Wildman–Crippen LogP) is 5.30. The minimum Gasteiger partial charge on any atom is -0.309 e. The van der Waals surface area contributed by atoms with Gasteiger partial charge in [-0.1, -0.05) is 45.9 Å². The van der Waals surface area contributed by atoms with E-state index in [0.717, 1.165) is 0 Å². The average Bonchev–Trinajstić information content (AvgIpc) is 2.93. The highest BCUT2D eigenvalue weighted by Gasteiger charge is 2.18. The Balaban J connectivity index is 2.49. The molecular weight excluding hydrogens is 262 g/mol. The molecule has 0 spiro atoms. The summed E-state index contributed by atoms with van der Waals surface area (Å²) in [6, 6.07) is 9.49. The molecule has 2 rings (SSSR count). The molecule has 0 bridgehead atoms. The Kier molecular flexibility index (Phi) is 5.00. The normalized spacial score (nSPS) is 13.2. The third-order valence-electron chi connectivity index (χ3n) is 3.88. The molecule has 0 saturated heterocycles. The summed E-state index contributed by atoms with van der Waals surface area (Å²) in [7, 11) is 2.04. The number of rotatable bonds is 5. The first-order valence-electron chi connectivity index (χ1n) is 7.37. The van der Waals surface area contributed by atoms with Crippen molar-refractivity contribution in [3.8, 4) is 0 Å². The summed E-state index contributed by atoms with van der Waals surface area (Å²) in [5.74, 6) is 1.12.